The van der Waals surface area contributed by atoms with Gasteiger partial charge >= 0.3 is 5.97 Å². The number of aliphatic carboxylic acids is 1. The molecular formula is C16H24O4. The van der Waals surface area contributed by atoms with Crippen LogP contribution in [0.1, 0.15) is 58.8 Å². The molecule has 0 radical (unpaired) electrons. The van der Waals surface area contributed by atoms with Crippen molar-refractivity contribution in [1.29, 1.82) is 0 Å². The van der Waals surface area contributed by atoms with Crippen molar-refractivity contribution in [2.45, 2.75) is 70.4 Å². The van der Waals surface area contributed by atoms with Gasteiger partial charge in [0.05, 0.1) is 5.41 Å². The van der Waals surface area contributed by atoms with Gasteiger partial charge in [0.1, 0.15) is 0 Å². The molecule has 112 valence electrons. The zero-order chi connectivity index (χ0) is 14.2. The second-order valence-corrected chi connectivity index (χ2v) is 7.83. The number of rotatable bonds is 3. The highest BCUT2D eigenvalue weighted by Gasteiger charge is 2.95. The molecule has 2 saturated carbocycles. The number of carboxylic acid groups (broad SMARTS) is 1. The molecule has 0 spiro atoms. The van der Waals surface area contributed by atoms with E-state index in [9.17, 15) is 9.90 Å². The summed E-state index contributed by atoms with van der Waals surface area (Å²) in [5.74, 6) is -0.0321. The van der Waals surface area contributed by atoms with Gasteiger partial charge in [-0.2, -0.15) is 0 Å². The molecule has 4 nitrogen and oxygen atoms in total. The van der Waals surface area contributed by atoms with E-state index in [2.05, 4.69) is 13.8 Å². The minimum absolute atomic E-state index is 0.202. The summed E-state index contributed by atoms with van der Waals surface area (Å²) < 4.78 is 11.4. The molecule has 4 heteroatoms. The van der Waals surface area contributed by atoms with Crippen LogP contribution in [0.2, 0.25) is 0 Å². The molecule has 20 heavy (non-hydrogen) atoms. The minimum atomic E-state index is -0.642. The van der Waals surface area contributed by atoms with Crippen LogP contribution in [0.25, 0.3) is 0 Å². The standard InChI is InChI=1S/C16H24O4/c1-10-4-3-5-12(6-10)8-14(13(17)18)7-11(2)16-15(9-14,19-16)20-16/h10-12H,3-9H2,1-2H3,(H,17,18). The second-order valence-electron chi connectivity index (χ2n) is 7.83. The normalized spacial score (nSPS) is 56.6. The number of hydrogen-bond donors (Lipinski definition) is 1. The lowest BCUT2D eigenvalue weighted by Crippen LogP contribution is -2.41. The van der Waals surface area contributed by atoms with E-state index < -0.39 is 17.2 Å². The summed E-state index contributed by atoms with van der Waals surface area (Å²) in [7, 11) is 0. The summed E-state index contributed by atoms with van der Waals surface area (Å²) in [5, 5.41) is 9.86. The van der Waals surface area contributed by atoms with Crippen LogP contribution in [0.4, 0.5) is 0 Å². The quantitative estimate of drug-likeness (QED) is 0.807. The van der Waals surface area contributed by atoms with E-state index in [1.54, 1.807) is 0 Å². The molecule has 4 atom stereocenters. The van der Waals surface area contributed by atoms with Crippen LogP contribution in [-0.2, 0) is 14.3 Å². The van der Waals surface area contributed by atoms with Crippen LogP contribution < -0.4 is 0 Å². The molecule has 2 heterocycles. The van der Waals surface area contributed by atoms with E-state index in [1.165, 1.54) is 25.7 Å². The Labute approximate surface area is 119 Å². The first-order chi connectivity index (χ1) is 9.41. The van der Waals surface area contributed by atoms with Crippen molar-refractivity contribution < 1.29 is 19.4 Å². The number of carbonyl (C=O) groups is 1. The summed E-state index contributed by atoms with van der Waals surface area (Å²) in [6.45, 7) is 4.37. The van der Waals surface area contributed by atoms with Crippen LogP contribution in [0.5, 0.6) is 0 Å². The highest BCUT2D eigenvalue weighted by molar-refractivity contribution is 5.75. The van der Waals surface area contributed by atoms with Gasteiger partial charge in [-0.15, -0.1) is 0 Å². The largest absolute Gasteiger partial charge is 0.481 e. The van der Waals surface area contributed by atoms with E-state index in [0.29, 0.717) is 18.8 Å². The lowest BCUT2D eigenvalue weighted by atomic mass is 9.63. The maximum absolute atomic E-state index is 12.0. The number of epoxide rings is 2. The van der Waals surface area contributed by atoms with E-state index in [0.717, 1.165) is 12.3 Å². The topological polar surface area (TPSA) is 62.4 Å². The number of ether oxygens (including phenoxy) is 2. The minimum Gasteiger partial charge on any atom is -0.481 e. The molecule has 4 rings (SSSR count). The Kier molecular flexibility index (Phi) is 2.47. The van der Waals surface area contributed by atoms with Gasteiger partial charge in [0.15, 0.2) is 0 Å². The van der Waals surface area contributed by atoms with Gasteiger partial charge in [-0.05, 0) is 31.1 Å². The van der Waals surface area contributed by atoms with E-state index in [-0.39, 0.29) is 11.7 Å². The zero-order valence-corrected chi connectivity index (χ0v) is 12.4. The first-order valence-electron chi connectivity index (χ1n) is 8.05. The Morgan fingerprint density at radius 3 is 2.65 bits per heavy atom. The van der Waals surface area contributed by atoms with Crippen molar-refractivity contribution in [1.82, 2.24) is 0 Å². The highest BCUT2D eigenvalue weighted by atomic mass is 17.0. The van der Waals surface area contributed by atoms with Gasteiger partial charge in [-0.25, -0.2) is 0 Å². The molecule has 0 aromatic rings. The third-order valence-corrected chi connectivity index (χ3v) is 6.18. The summed E-state index contributed by atoms with van der Waals surface area (Å²) >= 11 is 0. The first kappa shape index (κ1) is 13.1. The van der Waals surface area contributed by atoms with Gasteiger partial charge in [-0.3, -0.25) is 4.79 Å². The SMILES string of the molecule is CC1CCCC(CC2(C(=O)O)CC(C)C34OC3(C2)O4)C1. The van der Waals surface area contributed by atoms with Gasteiger partial charge in [0.25, 0.3) is 0 Å². The molecule has 2 aliphatic carbocycles. The third-order valence-electron chi connectivity index (χ3n) is 6.18. The number of hydrogen-bond acceptors (Lipinski definition) is 3. The van der Waals surface area contributed by atoms with E-state index >= 15 is 0 Å². The van der Waals surface area contributed by atoms with Crippen LogP contribution in [-0.4, -0.2) is 22.7 Å². The molecule has 4 fully saturated rings. The van der Waals surface area contributed by atoms with Gasteiger partial charge in [0.2, 0.25) is 11.6 Å². The summed E-state index contributed by atoms with van der Waals surface area (Å²) in [6.07, 6.45) is 6.99. The lowest BCUT2D eigenvalue weighted by Gasteiger charge is -2.37. The molecule has 2 saturated heterocycles. The molecule has 4 unspecified atom stereocenters. The van der Waals surface area contributed by atoms with Crippen LogP contribution in [0, 0.1) is 23.2 Å². The molecule has 0 aromatic heterocycles. The van der Waals surface area contributed by atoms with Crippen LogP contribution in [0.3, 0.4) is 0 Å². The smallest absolute Gasteiger partial charge is 0.309 e. The van der Waals surface area contributed by atoms with Gasteiger partial charge in [0, 0.05) is 12.3 Å². The van der Waals surface area contributed by atoms with Crippen molar-refractivity contribution in [3.63, 3.8) is 0 Å². The predicted molar refractivity (Wildman–Crippen MR) is 71.8 cm³/mol. The van der Waals surface area contributed by atoms with Crippen LogP contribution in [0.15, 0.2) is 0 Å². The van der Waals surface area contributed by atoms with E-state index in [1.807, 2.05) is 0 Å². The molecule has 0 amide bonds. The third kappa shape index (κ3) is 1.58. The predicted octanol–water partition coefficient (Wildman–Crippen LogP) is 3.16. The Morgan fingerprint density at radius 1 is 1.30 bits per heavy atom. The highest BCUT2D eigenvalue weighted by Crippen LogP contribution is 2.79. The van der Waals surface area contributed by atoms with Gasteiger partial charge < -0.3 is 14.6 Å². The van der Waals surface area contributed by atoms with Crippen molar-refractivity contribution in [3.8, 4) is 0 Å². The summed E-state index contributed by atoms with van der Waals surface area (Å²) in [4.78, 5) is 12.0. The van der Waals surface area contributed by atoms with Crippen molar-refractivity contribution in [2.24, 2.45) is 23.2 Å². The molecule has 2 aliphatic heterocycles. The molecule has 1 N–H and O–H groups in total. The average molecular weight is 280 g/mol. The van der Waals surface area contributed by atoms with E-state index in [4.69, 9.17) is 9.47 Å². The Morgan fingerprint density at radius 2 is 2.05 bits per heavy atom. The fourth-order valence-electron chi connectivity index (χ4n) is 5.16. The molecule has 0 aromatic carbocycles. The fraction of sp³-hybridized carbons (Fsp3) is 0.938. The van der Waals surface area contributed by atoms with Crippen molar-refractivity contribution >= 4 is 5.97 Å². The monoisotopic (exact) mass is 280 g/mol. The maximum atomic E-state index is 12.0. The summed E-state index contributed by atoms with van der Waals surface area (Å²) in [6, 6.07) is 0. The lowest BCUT2D eigenvalue weighted by molar-refractivity contribution is -0.154. The molecule has 4 aliphatic rings. The molecular weight excluding hydrogens is 256 g/mol. The molecule has 0 bridgehead atoms. The Bertz CT molecular complexity index is 453. The van der Waals surface area contributed by atoms with Crippen LogP contribution >= 0.6 is 0 Å². The second kappa shape index (κ2) is 3.77. The number of carboxylic acids is 1. The average Bonchev–Trinajstić information content (AvgIpc) is 3.15. The van der Waals surface area contributed by atoms with Crippen molar-refractivity contribution in [2.75, 3.05) is 0 Å². The van der Waals surface area contributed by atoms with Gasteiger partial charge in [-0.1, -0.05) is 33.1 Å². The van der Waals surface area contributed by atoms with Crippen molar-refractivity contribution in [3.05, 3.63) is 0 Å². The fourth-order valence-corrected chi connectivity index (χ4v) is 5.16. The maximum Gasteiger partial charge on any atom is 0.309 e. The Balaban J connectivity index is 1.54. The first-order valence-corrected chi connectivity index (χ1v) is 8.05. The summed E-state index contributed by atoms with van der Waals surface area (Å²) in [5.41, 5.74) is -0.627. The Hall–Kier alpha value is -0.610. The zero-order valence-electron chi connectivity index (χ0n) is 12.4.